The molecule has 0 saturated carbocycles. The van der Waals surface area contributed by atoms with Gasteiger partial charge in [-0.3, -0.25) is 10.1 Å². The fraction of sp³-hybridized carbons (Fsp3) is 0.750. The molecular formula is C8H11NO3. The molecule has 0 aromatic rings. The van der Waals surface area contributed by atoms with Crippen molar-refractivity contribution < 1.29 is 14.3 Å². The molecule has 2 saturated heterocycles. The van der Waals surface area contributed by atoms with E-state index in [4.69, 9.17) is 0 Å². The minimum Gasteiger partial charge on any atom is -0.467 e. The molecule has 2 atom stereocenters. The van der Waals surface area contributed by atoms with E-state index in [0.717, 1.165) is 6.42 Å². The van der Waals surface area contributed by atoms with Crippen LogP contribution in [0, 0.1) is 0 Å². The van der Waals surface area contributed by atoms with E-state index in [0.29, 0.717) is 12.8 Å². The van der Waals surface area contributed by atoms with Gasteiger partial charge in [-0.25, -0.2) is 4.79 Å². The van der Waals surface area contributed by atoms with Crippen molar-refractivity contribution in [1.29, 1.82) is 0 Å². The topological polar surface area (TPSA) is 55.4 Å². The molecule has 0 aromatic carbocycles. The quantitative estimate of drug-likeness (QED) is 0.429. The maximum Gasteiger partial charge on any atom is 0.333 e. The summed E-state index contributed by atoms with van der Waals surface area (Å²) in [7, 11) is 1.32. The Morgan fingerprint density at radius 3 is 2.92 bits per heavy atom. The minimum absolute atomic E-state index is 0.00870. The van der Waals surface area contributed by atoms with Gasteiger partial charge in [-0.2, -0.15) is 0 Å². The van der Waals surface area contributed by atoms with Crippen LogP contribution in [0.1, 0.15) is 19.3 Å². The van der Waals surface area contributed by atoms with E-state index >= 15 is 0 Å². The first-order chi connectivity index (χ1) is 5.69. The summed E-state index contributed by atoms with van der Waals surface area (Å²) in [6.45, 7) is 0. The van der Waals surface area contributed by atoms with E-state index < -0.39 is 11.5 Å². The molecule has 4 heteroatoms. The predicted molar refractivity (Wildman–Crippen MR) is 40.5 cm³/mol. The molecule has 0 aliphatic carbocycles. The highest BCUT2D eigenvalue weighted by Crippen LogP contribution is 2.35. The zero-order chi connectivity index (χ0) is 8.77. The number of ether oxygens (including phenoxy) is 1. The van der Waals surface area contributed by atoms with Gasteiger partial charge in [0.15, 0.2) is 11.3 Å². The molecule has 66 valence electrons. The molecule has 4 nitrogen and oxygen atoms in total. The molecule has 12 heavy (non-hydrogen) atoms. The van der Waals surface area contributed by atoms with E-state index in [1.165, 1.54) is 7.11 Å². The van der Waals surface area contributed by atoms with E-state index in [1.807, 2.05) is 0 Å². The summed E-state index contributed by atoms with van der Waals surface area (Å²) in [4.78, 5) is 22.7. The summed E-state index contributed by atoms with van der Waals surface area (Å²) < 4.78 is 4.60. The molecule has 1 N–H and O–H groups in total. The number of ketones is 1. The smallest absolute Gasteiger partial charge is 0.333 e. The average Bonchev–Trinajstić information content (AvgIpc) is 2.60. The zero-order valence-corrected chi connectivity index (χ0v) is 6.92. The third-order valence-corrected chi connectivity index (χ3v) is 2.76. The van der Waals surface area contributed by atoms with Crippen LogP contribution in [-0.2, 0) is 14.3 Å². The lowest BCUT2D eigenvalue weighted by Gasteiger charge is -2.20. The number of nitrogens with one attached hydrogen (secondary N) is 1. The normalized spacial score (nSPS) is 38.8. The lowest BCUT2D eigenvalue weighted by Crippen LogP contribution is -2.50. The second-order valence-electron chi connectivity index (χ2n) is 3.40. The molecule has 2 fully saturated rings. The molecule has 2 aliphatic heterocycles. The van der Waals surface area contributed by atoms with Gasteiger partial charge >= 0.3 is 5.97 Å². The molecule has 2 rings (SSSR count). The van der Waals surface area contributed by atoms with Crippen molar-refractivity contribution in [2.75, 3.05) is 7.11 Å². The monoisotopic (exact) mass is 169 g/mol. The standard InChI is InChI=1S/C8H11NO3/c1-12-7(11)8-3-2-5(9-8)4-6(8)10/h5,9H,2-4H2,1H3/t5-,8+/m1/s1. The Labute approximate surface area is 70.3 Å². The van der Waals surface area contributed by atoms with E-state index in [9.17, 15) is 9.59 Å². The maximum absolute atomic E-state index is 11.4. The fourth-order valence-electron chi connectivity index (χ4n) is 2.10. The molecule has 0 spiro atoms. The molecule has 0 aromatic heterocycles. The van der Waals surface area contributed by atoms with Crippen LogP contribution >= 0.6 is 0 Å². The van der Waals surface area contributed by atoms with Crippen molar-refractivity contribution in [2.24, 2.45) is 0 Å². The first kappa shape index (κ1) is 7.73. The number of fused-ring (bicyclic) bond motifs is 2. The summed E-state index contributed by atoms with van der Waals surface area (Å²) in [5, 5.41) is 3.02. The summed E-state index contributed by atoms with van der Waals surface area (Å²) in [5.41, 5.74) is -0.973. The highest BCUT2D eigenvalue weighted by molar-refractivity contribution is 6.11. The van der Waals surface area contributed by atoms with Crippen molar-refractivity contribution in [3.8, 4) is 0 Å². The highest BCUT2D eigenvalue weighted by atomic mass is 16.5. The van der Waals surface area contributed by atoms with E-state index in [2.05, 4.69) is 10.1 Å². The van der Waals surface area contributed by atoms with Gasteiger partial charge in [0, 0.05) is 12.5 Å². The second kappa shape index (κ2) is 2.29. The molecule has 0 amide bonds. The maximum atomic E-state index is 11.4. The first-order valence-electron chi connectivity index (χ1n) is 4.08. The molecule has 0 radical (unpaired) electrons. The molecule has 2 heterocycles. The van der Waals surface area contributed by atoms with Gasteiger partial charge in [0.2, 0.25) is 0 Å². The third kappa shape index (κ3) is 0.756. The van der Waals surface area contributed by atoms with Crippen LogP contribution in [0.15, 0.2) is 0 Å². The van der Waals surface area contributed by atoms with Gasteiger partial charge in [-0.1, -0.05) is 0 Å². The number of methoxy groups -OCH3 is 1. The van der Waals surface area contributed by atoms with Crippen molar-refractivity contribution in [1.82, 2.24) is 5.32 Å². The van der Waals surface area contributed by atoms with Gasteiger partial charge in [0.25, 0.3) is 0 Å². The van der Waals surface area contributed by atoms with E-state index in [-0.39, 0.29) is 11.8 Å². The summed E-state index contributed by atoms with van der Waals surface area (Å²) in [5.74, 6) is -0.432. The first-order valence-corrected chi connectivity index (χ1v) is 4.08. The zero-order valence-electron chi connectivity index (χ0n) is 6.92. The summed E-state index contributed by atoms with van der Waals surface area (Å²) in [6.07, 6.45) is 1.99. The van der Waals surface area contributed by atoms with Gasteiger partial charge in [-0.05, 0) is 12.8 Å². The predicted octanol–water partition coefficient (Wildman–Crippen LogP) is -0.377. The Balaban J connectivity index is 2.29. The van der Waals surface area contributed by atoms with Crippen LogP contribution in [0.5, 0.6) is 0 Å². The molecular weight excluding hydrogens is 158 g/mol. The van der Waals surface area contributed by atoms with Crippen molar-refractivity contribution >= 4 is 11.8 Å². The van der Waals surface area contributed by atoms with Crippen LogP contribution in [0.3, 0.4) is 0 Å². The van der Waals surface area contributed by atoms with Gasteiger partial charge in [-0.15, -0.1) is 0 Å². The van der Waals surface area contributed by atoms with Crippen LogP contribution in [0.4, 0.5) is 0 Å². The van der Waals surface area contributed by atoms with E-state index in [1.54, 1.807) is 0 Å². The highest BCUT2D eigenvalue weighted by Gasteiger charge is 2.57. The van der Waals surface area contributed by atoms with Gasteiger partial charge < -0.3 is 4.74 Å². The van der Waals surface area contributed by atoms with Crippen LogP contribution in [0.25, 0.3) is 0 Å². The molecule has 0 unspecified atom stereocenters. The Kier molecular flexibility index (Phi) is 1.48. The van der Waals surface area contributed by atoms with Crippen molar-refractivity contribution in [3.63, 3.8) is 0 Å². The number of carbonyl (C=O) groups is 2. The number of rotatable bonds is 1. The second-order valence-corrected chi connectivity index (χ2v) is 3.40. The minimum atomic E-state index is -0.973. The van der Waals surface area contributed by atoms with Crippen LogP contribution in [-0.4, -0.2) is 30.4 Å². The Hall–Kier alpha value is -0.900. The summed E-state index contributed by atoms with van der Waals surface area (Å²) >= 11 is 0. The van der Waals surface area contributed by atoms with Crippen LogP contribution < -0.4 is 5.32 Å². The number of esters is 1. The Morgan fingerprint density at radius 2 is 2.50 bits per heavy atom. The Bertz CT molecular complexity index is 251. The number of carbonyl (C=O) groups excluding carboxylic acids is 2. The van der Waals surface area contributed by atoms with Gasteiger partial charge in [0.05, 0.1) is 7.11 Å². The number of hydrogen-bond donors (Lipinski definition) is 1. The summed E-state index contributed by atoms with van der Waals surface area (Å²) in [6, 6.07) is 0.205. The molecule has 2 aliphatic rings. The number of Topliss-reactive ketones (excluding diaryl/α,β-unsaturated/α-hetero) is 1. The van der Waals surface area contributed by atoms with Crippen molar-refractivity contribution in [2.45, 2.75) is 30.8 Å². The lowest BCUT2D eigenvalue weighted by molar-refractivity contribution is -0.151. The SMILES string of the molecule is COC(=O)[C@]12CC[C@H](CC1=O)N2. The molecule has 2 bridgehead atoms. The third-order valence-electron chi connectivity index (χ3n) is 2.76. The van der Waals surface area contributed by atoms with Crippen molar-refractivity contribution in [3.05, 3.63) is 0 Å². The fourth-order valence-corrected chi connectivity index (χ4v) is 2.10. The average molecular weight is 169 g/mol. The van der Waals surface area contributed by atoms with Crippen LogP contribution in [0.2, 0.25) is 0 Å². The Morgan fingerprint density at radius 1 is 1.75 bits per heavy atom. The number of hydrogen-bond acceptors (Lipinski definition) is 4. The lowest BCUT2D eigenvalue weighted by atomic mass is 9.87. The van der Waals surface area contributed by atoms with Gasteiger partial charge in [0.1, 0.15) is 0 Å². The largest absolute Gasteiger partial charge is 0.467 e.